The van der Waals surface area contributed by atoms with Gasteiger partial charge in [0, 0.05) is 0 Å². The summed E-state index contributed by atoms with van der Waals surface area (Å²) < 4.78 is 5.78. The molecule has 0 bridgehead atoms. The van der Waals surface area contributed by atoms with Gasteiger partial charge in [0.1, 0.15) is 18.1 Å². The molecular formula is C20H18O2. The maximum atomic E-state index is 9.80. The molecule has 0 aliphatic rings. The number of hydrogen-bond acceptors (Lipinski definition) is 2. The van der Waals surface area contributed by atoms with Crippen molar-refractivity contribution < 1.29 is 9.84 Å². The molecule has 0 heterocycles. The summed E-state index contributed by atoms with van der Waals surface area (Å²) in [6, 6.07) is 23.7. The normalized spacial score (nSPS) is 10.4. The summed E-state index contributed by atoms with van der Waals surface area (Å²) in [5.74, 6) is 1.16. The van der Waals surface area contributed by atoms with Crippen molar-refractivity contribution in [2.45, 2.75) is 13.5 Å². The predicted octanol–water partition coefficient (Wildman–Crippen LogP) is 4.95. The topological polar surface area (TPSA) is 29.5 Å². The van der Waals surface area contributed by atoms with E-state index in [-0.39, 0.29) is 0 Å². The monoisotopic (exact) mass is 290 g/mol. The van der Waals surface area contributed by atoms with E-state index in [1.54, 1.807) is 6.07 Å². The summed E-state index contributed by atoms with van der Waals surface area (Å²) in [4.78, 5) is 0. The molecule has 1 N–H and O–H groups in total. The highest BCUT2D eigenvalue weighted by atomic mass is 16.5. The number of aryl methyl sites for hydroxylation is 1. The van der Waals surface area contributed by atoms with Crippen molar-refractivity contribution in [3.05, 3.63) is 83.9 Å². The van der Waals surface area contributed by atoms with E-state index in [1.165, 1.54) is 0 Å². The van der Waals surface area contributed by atoms with Gasteiger partial charge in [0.05, 0.1) is 0 Å². The van der Waals surface area contributed by atoms with Crippen LogP contribution in [-0.2, 0) is 6.61 Å². The van der Waals surface area contributed by atoms with Gasteiger partial charge in [0.15, 0.2) is 0 Å². The third kappa shape index (κ3) is 3.29. The number of hydrogen-bond donors (Lipinski definition) is 1. The highest BCUT2D eigenvalue weighted by molar-refractivity contribution is 5.66. The number of rotatable bonds is 4. The maximum absolute atomic E-state index is 9.80. The fraction of sp³-hybridized carbons (Fsp3) is 0.100. The van der Waals surface area contributed by atoms with E-state index in [0.29, 0.717) is 12.4 Å². The lowest BCUT2D eigenvalue weighted by Crippen LogP contribution is -1.94. The van der Waals surface area contributed by atoms with Gasteiger partial charge in [-0.3, -0.25) is 0 Å². The van der Waals surface area contributed by atoms with E-state index in [0.717, 1.165) is 28.0 Å². The molecule has 0 aliphatic carbocycles. The number of phenols is 1. The minimum atomic E-state index is 0.321. The van der Waals surface area contributed by atoms with Crippen LogP contribution in [0.15, 0.2) is 72.8 Å². The Balaban J connectivity index is 1.71. The third-order valence-corrected chi connectivity index (χ3v) is 3.65. The van der Waals surface area contributed by atoms with Gasteiger partial charge < -0.3 is 9.84 Å². The molecule has 22 heavy (non-hydrogen) atoms. The lowest BCUT2D eigenvalue weighted by molar-refractivity contribution is 0.306. The average Bonchev–Trinajstić information content (AvgIpc) is 2.57. The number of ether oxygens (including phenoxy) is 1. The first-order valence-electron chi connectivity index (χ1n) is 7.29. The molecule has 2 nitrogen and oxygen atoms in total. The maximum Gasteiger partial charge on any atom is 0.119 e. The van der Waals surface area contributed by atoms with E-state index in [4.69, 9.17) is 4.74 Å². The molecule has 0 fully saturated rings. The molecule has 0 aliphatic heterocycles. The van der Waals surface area contributed by atoms with Crippen LogP contribution >= 0.6 is 0 Å². The van der Waals surface area contributed by atoms with Gasteiger partial charge in [0.2, 0.25) is 0 Å². The van der Waals surface area contributed by atoms with Crippen molar-refractivity contribution in [1.82, 2.24) is 0 Å². The second kappa shape index (κ2) is 6.35. The smallest absolute Gasteiger partial charge is 0.119 e. The lowest BCUT2D eigenvalue weighted by Gasteiger charge is -2.08. The Hall–Kier alpha value is -2.74. The van der Waals surface area contributed by atoms with Gasteiger partial charge in [0.25, 0.3) is 0 Å². The van der Waals surface area contributed by atoms with Gasteiger partial charge >= 0.3 is 0 Å². The van der Waals surface area contributed by atoms with Crippen molar-refractivity contribution in [3.63, 3.8) is 0 Å². The Morgan fingerprint density at radius 1 is 0.818 bits per heavy atom. The highest BCUT2D eigenvalue weighted by Gasteiger charge is 2.02. The minimum absolute atomic E-state index is 0.321. The number of aromatic hydroxyl groups is 1. The largest absolute Gasteiger partial charge is 0.508 e. The van der Waals surface area contributed by atoms with E-state index in [1.807, 2.05) is 73.7 Å². The lowest BCUT2D eigenvalue weighted by atomic mass is 10.0. The Kier molecular flexibility index (Phi) is 4.10. The SMILES string of the molecule is Cc1ccc(-c2ccc(OCc3ccccc3)cc2)cc1O. The Morgan fingerprint density at radius 3 is 2.18 bits per heavy atom. The fourth-order valence-electron chi connectivity index (χ4n) is 2.27. The van der Waals surface area contributed by atoms with E-state index < -0.39 is 0 Å². The van der Waals surface area contributed by atoms with Crippen molar-refractivity contribution in [3.8, 4) is 22.6 Å². The van der Waals surface area contributed by atoms with E-state index in [9.17, 15) is 5.11 Å². The van der Waals surface area contributed by atoms with Crippen LogP contribution in [0, 0.1) is 6.92 Å². The Bertz CT molecular complexity index is 746. The highest BCUT2D eigenvalue weighted by Crippen LogP contribution is 2.27. The van der Waals surface area contributed by atoms with Crippen molar-refractivity contribution in [2.75, 3.05) is 0 Å². The summed E-state index contributed by atoms with van der Waals surface area (Å²) in [6.07, 6.45) is 0. The first kappa shape index (κ1) is 14.2. The quantitative estimate of drug-likeness (QED) is 0.737. The summed E-state index contributed by atoms with van der Waals surface area (Å²) in [6.45, 7) is 2.45. The standard InChI is InChI=1S/C20H18O2/c1-15-7-8-18(13-20(15)21)17-9-11-19(12-10-17)22-14-16-5-3-2-4-6-16/h2-13,21H,14H2,1H3. The molecule has 2 heteroatoms. The Morgan fingerprint density at radius 2 is 1.50 bits per heavy atom. The van der Waals surface area contributed by atoms with Crippen LogP contribution in [-0.4, -0.2) is 5.11 Å². The van der Waals surface area contributed by atoms with E-state index in [2.05, 4.69) is 0 Å². The molecular weight excluding hydrogens is 272 g/mol. The Labute approximate surface area is 130 Å². The molecule has 3 rings (SSSR count). The molecule has 3 aromatic rings. The van der Waals surface area contributed by atoms with Crippen LogP contribution in [0.4, 0.5) is 0 Å². The van der Waals surface area contributed by atoms with Crippen LogP contribution in [0.25, 0.3) is 11.1 Å². The van der Waals surface area contributed by atoms with Gasteiger partial charge in [-0.1, -0.05) is 54.6 Å². The molecule has 0 amide bonds. The molecule has 0 saturated heterocycles. The zero-order valence-corrected chi connectivity index (χ0v) is 12.5. The molecule has 0 saturated carbocycles. The van der Waals surface area contributed by atoms with Crippen LogP contribution in [0.1, 0.15) is 11.1 Å². The number of phenolic OH excluding ortho intramolecular Hbond substituents is 1. The molecule has 0 unspecified atom stereocenters. The van der Waals surface area contributed by atoms with Crippen LogP contribution in [0.5, 0.6) is 11.5 Å². The molecule has 0 spiro atoms. The molecule has 3 aromatic carbocycles. The van der Waals surface area contributed by atoms with Crippen molar-refractivity contribution >= 4 is 0 Å². The summed E-state index contributed by atoms with van der Waals surface area (Å²) in [5.41, 5.74) is 4.08. The number of benzene rings is 3. The van der Waals surface area contributed by atoms with Gasteiger partial charge in [-0.25, -0.2) is 0 Å². The second-order valence-corrected chi connectivity index (χ2v) is 5.30. The van der Waals surface area contributed by atoms with Crippen LogP contribution < -0.4 is 4.74 Å². The van der Waals surface area contributed by atoms with E-state index >= 15 is 0 Å². The second-order valence-electron chi connectivity index (χ2n) is 5.30. The zero-order valence-electron chi connectivity index (χ0n) is 12.5. The van der Waals surface area contributed by atoms with Crippen LogP contribution in [0.3, 0.4) is 0 Å². The summed E-state index contributed by atoms with van der Waals surface area (Å²) in [7, 11) is 0. The fourth-order valence-corrected chi connectivity index (χ4v) is 2.27. The van der Waals surface area contributed by atoms with Gasteiger partial charge in [-0.2, -0.15) is 0 Å². The van der Waals surface area contributed by atoms with Crippen molar-refractivity contribution in [1.29, 1.82) is 0 Å². The molecule has 0 atom stereocenters. The van der Waals surface area contributed by atoms with Gasteiger partial charge in [-0.05, 0) is 47.4 Å². The molecule has 0 radical (unpaired) electrons. The summed E-state index contributed by atoms with van der Waals surface area (Å²) in [5, 5.41) is 9.80. The summed E-state index contributed by atoms with van der Waals surface area (Å²) >= 11 is 0. The molecule has 0 aromatic heterocycles. The minimum Gasteiger partial charge on any atom is -0.508 e. The zero-order chi connectivity index (χ0) is 15.4. The van der Waals surface area contributed by atoms with Crippen LogP contribution in [0.2, 0.25) is 0 Å². The predicted molar refractivity (Wildman–Crippen MR) is 89.1 cm³/mol. The average molecular weight is 290 g/mol. The first-order chi connectivity index (χ1) is 10.7. The molecule has 110 valence electrons. The third-order valence-electron chi connectivity index (χ3n) is 3.65. The first-order valence-corrected chi connectivity index (χ1v) is 7.29. The van der Waals surface area contributed by atoms with Crippen molar-refractivity contribution in [2.24, 2.45) is 0 Å². The van der Waals surface area contributed by atoms with Gasteiger partial charge in [-0.15, -0.1) is 0 Å².